The molecule has 3 aromatic rings. The molecule has 0 saturated heterocycles. The fraction of sp³-hybridized carbons (Fsp3) is 0.353. The average molecular weight is 343 g/mol. The molecule has 2 heterocycles. The van der Waals surface area contributed by atoms with Gasteiger partial charge in [-0.2, -0.15) is 0 Å². The summed E-state index contributed by atoms with van der Waals surface area (Å²) in [4.78, 5) is 7.63. The van der Waals surface area contributed by atoms with Crippen LogP contribution < -0.4 is 10.6 Å². The van der Waals surface area contributed by atoms with Gasteiger partial charge in [0.2, 0.25) is 0 Å². The summed E-state index contributed by atoms with van der Waals surface area (Å²) in [7, 11) is 1.89. The highest BCUT2D eigenvalue weighted by Gasteiger charge is 2.06. The van der Waals surface area contributed by atoms with Gasteiger partial charge in [0, 0.05) is 37.2 Å². The molecule has 0 atom stereocenters. The molecule has 0 radical (unpaired) electrons. The van der Waals surface area contributed by atoms with E-state index < -0.39 is 0 Å². The van der Waals surface area contributed by atoms with Crippen LogP contribution in [0.15, 0.2) is 35.7 Å². The summed E-state index contributed by atoms with van der Waals surface area (Å²) in [6.07, 6.45) is 4.39. The van der Waals surface area contributed by atoms with Gasteiger partial charge >= 0.3 is 0 Å². The lowest BCUT2D eigenvalue weighted by molar-refractivity contribution is 0.629. The van der Waals surface area contributed by atoms with Crippen LogP contribution in [0.5, 0.6) is 0 Å². The highest BCUT2D eigenvalue weighted by Crippen LogP contribution is 2.19. The number of halogens is 1. The number of hydrogen-bond donors (Lipinski definition) is 3. The van der Waals surface area contributed by atoms with Crippen molar-refractivity contribution in [3.63, 3.8) is 0 Å². The van der Waals surface area contributed by atoms with Crippen LogP contribution in [-0.4, -0.2) is 38.8 Å². The van der Waals surface area contributed by atoms with E-state index >= 15 is 0 Å². The fourth-order valence-electron chi connectivity index (χ4n) is 2.62. The number of guanidine groups is 1. The molecular formula is C17H22FN7. The minimum Gasteiger partial charge on any atom is -0.361 e. The summed E-state index contributed by atoms with van der Waals surface area (Å²) in [5.74, 6) is 1.30. The maximum Gasteiger partial charge on any atom is 0.191 e. The zero-order chi connectivity index (χ0) is 17.6. The fourth-order valence-corrected chi connectivity index (χ4v) is 2.62. The summed E-state index contributed by atoms with van der Waals surface area (Å²) in [5, 5.41) is 15.4. The van der Waals surface area contributed by atoms with Crippen molar-refractivity contribution < 1.29 is 4.39 Å². The van der Waals surface area contributed by atoms with Gasteiger partial charge in [0.1, 0.15) is 18.7 Å². The number of H-pyrrole nitrogens is 1. The molecule has 3 N–H and O–H groups in total. The van der Waals surface area contributed by atoms with Crippen LogP contribution >= 0.6 is 0 Å². The van der Waals surface area contributed by atoms with Crippen LogP contribution in [0.4, 0.5) is 4.39 Å². The van der Waals surface area contributed by atoms with E-state index in [-0.39, 0.29) is 5.82 Å². The SMILES string of the molecule is CCNC(=NCc1nncn1C)NCCc1c[nH]c2cc(F)ccc12. The molecule has 0 aliphatic rings. The minimum absolute atomic E-state index is 0.232. The third-order valence-corrected chi connectivity index (χ3v) is 3.94. The lowest BCUT2D eigenvalue weighted by Crippen LogP contribution is -2.38. The zero-order valence-corrected chi connectivity index (χ0v) is 14.4. The van der Waals surface area contributed by atoms with Crippen molar-refractivity contribution in [1.29, 1.82) is 0 Å². The summed E-state index contributed by atoms with van der Waals surface area (Å²) in [5.41, 5.74) is 1.96. The molecule has 0 unspecified atom stereocenters. The van der Waals surface area contributed by atoms with Gasteiger partial charge in [-0.05, 0) is 37.1 Å². The number of aryl methyl sites for hydroxylation is 1. The maximum atomic E-state index is 13.3. The molecule has 8 heteroatoms. The second-order valence-corrected chi connectivity index (χ2v) is 5.73. The number of aromatic amines is 1. The Labute approximate surface area is 145 Å². The third-order valence-electron chi connectivity index (χ3n) is 3.94. The molecule has 7 nitrogen and oxygen atoms in total. The molecule has 0 fully saturated rings. The van der Waals surface area contributed by atoms with Crippen LogP contribution in [0.3, 0.4) is 0 Å². The smallest absolute Gasteiger partial charge is 0.191 e. The van der Waals surface area contributed by atoms with Gasteiger partial charge in [0.05, 0.1) is 0 Å². The van der Waals surface area contributed by atoms with Crippen molar-refractivity contribution in [2.75, 3.05) is 13.1 Å². The van der Waals surface area contributed by atoms with E-state index in [1.54, 1.807) is 6.33 Å². The Morgan fingerprint density at radius 3 is 3.00 bits per heavy atom. The van der Waals surface area contributed by atoms with Gasteiger partial charge < -0.3 is 20.2 Å². The van der Waals surface area contributed by atoms with Crippen molar-refractivity contribution in [2.24, 2.45) is 12.0 Å². The first-order chi connectivity index (χ1) is 12.2. The van der Waals surface area contributed by atoms with Gasteiger partial charge in [-0.15, -0.1) is 10.2 Å². The number of aliphatic imine (C=N–C) groups is 1. The average Bonchev–Trinajstić information content (AvgIpc) is 3.18. The second-order valence-electron chi connectivity index (χ2n) is 5.73. The number of rotatable bonds is 6. The van der Waals surface area contributed by atoms with Gasteiger partial charge in [-0.3, -0.25) is 0 Å². The quantitative estimate of drug-likeness (QED) is 0.470. The van der Waals surface area contributed by atoms with E-state index in [9.17, 15) is 4.39 Å². The first kappa shape index (κ1) is 16.9. The van der Waals surface area contributed by atoms with Crippen LogP contribution in [-0.2, 0) is 20.0 Å². The first-order valence-corrected chi connectivity index (χ1v) is 8.28. The molecule has 0 bridgehead atoms. The number of fused-ring (bicyclic) bond motifs is 1. The zero-order valence-electron chi connectivity index (χ0n) is 14.4. The van der Waals surface area contributed by atoms with Gasteiger partial charge in [0.15, 0.2) is 11.8 Å². The Balaban J connectivity index is 1.60. The standard InChI is InChI=1S/C17H22FN7/c1-3-19-17(22-10-16-24-23-11-25(16)2)20-7-6-12-9-21-15-8-13(18)4-5-14(12)15/h4-5,8-9,11,21H,3,6-7,10H2,1-2H3,(H2,19,20,22). The Hall–Kier alpha value is -2.90. The first-order valence-electron chi connectivity index (χ1n) is 8.28. The molecule has 1 aromatic carbocycles. The molecule has 25 heavy (non-hydrogen) atoms. The van der Waals surface area contributed by atoms with Crippen LogP contribution in [0.1, 0.15) is 18.3 Å². The van der Waals surface area contributed by atoms with E-state index in [2.05, 4.69) is 30.8 Å². The van der Waals surface area contributed by atoms with E-state index in [1.807, 2.05) is 30.8 Å². The Morgan fingerprint density at radius 2 is 2.24 bits per heavy atom. The van der Waals surface area contributed by atoms with E-state index in [0.29, 0.717) is 6.54 Å². The third kappa shape index (κ3) is 4.14. The van der Waals surface area contributed by atoms with Crippen LogP contribution in [0.2, 0.25) is 0 Å². The maximum absolute atomic E-state index is 13.3. The van der Waals surface area contributed by atoms with E-state index in [1.165, 1.54) is 12.1 Å². The van der Waals surface area contributed by atoms with Crippen molar-refractivity contribution in [1.82, 2.24) is 30.4 Å². The second kappa shape index (κ2) is 7.78. The van der Waals surface area contributed by atoms with Crippen molar-refractivity contribution >= 4 is 16.9 Å². The largest absolute Gasteiger partial charge is 0.361 e. The summed E-state index contributed by atoms with van der Waals surface area (Å²) in [6, 6.07) is 4.81. The molecule has 132 valence electrons. The molecule has 2 aromatic heterocycles. The Kier molecular flexibility index (Phi) is 5.27. The van der Waals surface area contributed by atoms with Crippen LogP contribution in [0.25, 0.3) is 10.9 Å². The van der Waals surface area contributed by atoms with E-state index in [0.717, 1.165) is 47.8 Å². The van der Waals surface area contributed by atoms with Crippen molar-refractivity contribution in [2.45, 2.75) is 19.9 Å². The molecule has 3 rings (SSSR count). The number of nitrogens with zero attached hydrogens (tertiary/aromatic N) is 4. The normalized spacial score (nSPS) is 11.9. The molecule has 0 aliphatic heterocycles. The topological polar surface area (TPSA) is 82.9 Å². The minimum atomic E-state index is -0.232. The molecule has 0 amide bonds. The van der Waals surface area contributed by atoms with Crippen molar-refractivity contribution in [3.8, 4) is 0 Å². The van der Waals surface area contributed by atoms with Gasteiger partial charge in [-0.1, -0.05) is 0 Å². The van der Waals surface area contributed by atoms with Gasteiger partial charge in [0.25, 0.3) is 0 Å². The van der Waals surface area contributed by atoms with Crippen molar-refractivity contribution in [3.05, 3.63) is 47.9 Å². The highest BCUT2D eigenvalue weighted by molar-refractivity contribution is 5.83. The molecule has 0 saturated carbocycles. The highest BCUT2D eigenvalue weighted by atomic mass is 19.1. The number of aromatic nitrogens is 4. The van der Waals surface area contributed by atoms with E-state index in [4.69, 9.17) is 0 Å². The molecule has 0 aliphatic carbocycles. The Bertz CT molecular complexity index is 865. The lowest BCUT2D eigenvalue weighted by Gasteiger charge is -2.11. The Morgan fingerprint density at radius 1 is 1.36 bits per heavy atom. The van der Waals surface area contributed by atoms with Crippen LogP contribution in [0, 0.1) is 5.82 Å². The molecule has 0 spiro atoms. The monoisotopic (exact) mass is 343 g/mol. The number of benzene rings is 1. The predicted molar refractivity (Wildman–Crippen MR) is 95.8 cm³/mol. The summed E-state index contributed by atoms with van der Waals surface area (Å²) >= 11 is 0. The molecular weight excluding hydrogens is 321 g/mol. The van der Waals surface area contributed by atoms with Gasteiger partial charge in [-0.25, -0.2) is 9.38 Å². The summed E-state index contributed by atoms with van der Waals surface area (Å²) in [6.45, 7) is 3.97. The predicted octanol–water partition coefficient (Wildman–Crippen LogP) is 1.73. The lowest BCUT2D eigenvalue weighted by atomic mass is 10.1. The number of hydrogen-bond acceptors (Lipinski definition) is 3. The number of nitrogens with one attached hydrogen (secondary N) is 3. The summed E-state index contributed by atoms with van der Waals surface area (Å²) < 4.78 is 15.1.